The topological polar surface area (TPSA) is 54.0 Å². The molecule has 0 N–H and O–H groups in total. The van der Waals surface area contributed by atoms with Crippen molar-refractivity contribution < 1.29 is 9.21 Å². The van der Waals surface area contributed by atoms with Crippen molar-refractivity contribution in [2.24, 2.45) is 0 Å². The lowest BCUT2D eigenvalue weighted by atomic mass is 10.0. The van der Waals surface area contributed by atoms with Gasteiger partial charge in [0.2, 0.25) is 5.78 Å². The van der Waals surface area contributed by atoms with Crippen LogP contribution in [0.15, 0.2) is 34.1 Å². The minimum Gasteiger partial charge on any atom is -0.458 e. The van der Waals surface area contributed by atoms with Gasteiger partial charge < -0.3 is 4.42 Å². The smallest absolute Gasteiger partial charge is 0.220 e. The third kappa shape index (κ3) is 2.29. The van der Waals surface area contributed by atoms with Crippen molar-refractivity contribution in [3.63, 3.8) is 0 Å². The maximum absolute atomic E-state index is 12.1. The molecule has 86 valence electrons. The van der Waals surface area contributed by atoms with Gasteiger partial charge in [-0.05, 0) is 23.6 Å². The molecular weight excluding hydrogens is 234 g/mol. The molecular formula is C13H11NO2S. The summed E-state index contributed by atoms with van der Waals surface area (Å²) in [6.45, 7) is 1.95. The number of hydrogen-bond acceptors (Lipinski definition) is 4. The fraction of sp³-hybridized carbons (Fsp3) is 0.231. The molecule has 0 aliphatic carbocycles. The third-order valence-electron chi connectivity index (χ3n) is 2.47. The zero-order valence-corrected chi connectivity index (χ0v) is 10.2. The number of aryl methyl sites for hydroxylation is 1. The van der Waals surface area contributed by atoms with Crippen LogP contribution in [0.1, 0.15) is 34.0 Å². The number of furan rings is 1. The van der Waals surface area contributed by atoms with Crippen molar-refractivity contribution in [3.05, 3.63) is 46.0 Å². The summed E-state index contributed by atoms with van der Waals surface area (Å²) in [6, 6.07) is 9.07. The maximum atomic E-state index is 12.1. The number of hydrogen-bond donors (Lipinski definition) is 0. The SMILES string of the molecule is CCc1ccc(C(=O)C(C#N)c2cccs2)o1. The first-order valence-corrected chi connectivity index (χ1v) is 6.20. The van der Waals surface area contributed by atoms with Gasteiger partial charge in [0.25, 0.3) is 0 Å². The van der Waals surface area contributed by atoms with Crippen molar-refractivity contribution in [2.45, 2.75) is 19.3 Å². The number of ketones is 1. The zero-order chi connectivity index (χ0) is 12.3. The quantitative estimate of drug-likeness (QED) is 0.776. The number of thiophene rings is 1. The Kier molecular flexibility index (Phi) is 3.40. The van der Waals surface area contributed by atoms with E-state index in [2.05, 4.69) is 0 Å². The molecule has 2 aromatic rings. The molecule has 4 heteroatoms. The Morgan fingerprint density at radius 3 is 2.88 bits per heavy atom. The average molecular weight is 245 g/mol. The van der Waals surface area contributed by atoms with Crippen LogP contribution in [0.2, 0.25) is 0 Å². The molecule has 0 amide bonds. The van der Waals surface area contributed by atoms with Crippen LogP contribution in [-0.2, 0) is 6.42 Å². The summed E-state index contributed by atoms with van der Waals surface area (Å²) in [5.41, 5.74) is 0. The van der Waals surface area contributed by atoms with E-state index in [1.54, 1.807) is 18.2 Å². The van der Waals surface area contributed by atoms with Crippen molar-refractivity contribution in [1.82, 2.24) is 0 Å². The van der Waals surface area contributed by atoms with E-state index in [0.717, 1.165) is 17.1 Å². The summed E-state index contributed by atoms with van der Waals surface area (Å²) in [5, 5.41) is 10.9. The Labute approximate surface area is 103 Å². The highest BCUT2D eigenvalue weighted by Gasteiger charge is 2.25. The van der Waals surface area contributed by atoms with Crippen LogP contribution in [0.5, 0.6) is 0 Å². The fourth-order valence-electron chi connectivity index (χ4n) is 1.55. The molecule has 0 saturated heterocycles. The zero-order valence-electron chi connectivity index (χ0n) is 9.34. The summed E-state index contributed by atoms with van der Waals surface area (Å²) >= 11 is 1.41. The van der Waals surface area contributed by atoms with Gasteiger partial charge in [0, 0.05) is 11.3 Å². The van der Waals surface area contributed by atoms with Crippen molar-refractivity contribution in [1.29, 1.82) is 5.26 Å². The van der Waals surface area contributed by atoms with Gasteiger partial charge in [0.1, 0.15) is 11.7 Å². The van der Waals surface area contributed by atoms with Crippen LogP contribution in [0, 0.1) is 11.3 Å². The monoisotopic (exact) mass is 245 g/mol. The van der Waals surface area contributed by atoms with Crippen LogP contribution >= 0.6 is 11.3 Å². The first-order valence-electron chi connectivity index (χ1n) is 5.32. The Morgan fingerprint density at radius 1 is 1.53 bits per heavy atom. The van der Waals surface area contributed by atoms with E-state index in [1.165, 1.54) is 11.3 Å². The summed E-state index contributed by atoms with van der Waals surface area (Å²) in [7, 11) is 0. The van der Waals surface area contributed by atoms with Crippen molar-refractivity contribution in [2.75, 3.05) is 0 Å². The van der Waals surface area contributed by atoms with Crippen LogP contribution in [0.3, 0.4) is 0 Å². The Bertz CT molecular complexity index is 548. The van der Waals surface area contributed by atoms with Gasteiger partial charge in [-0.25, -0.2) is 0 Å². The van der Waals surface area contributed by atoms with Crippen molar-refractivity contribution >= 4 is 17.1 Å². The first kappa shape index (κ1) is 11.6. The highest BCUT2D eigenvalue weighted by Crippen LogP contribution is 2.25. The Hall–Kier alpha value is -1.86. The van der Waals surface area contributed by atoms with E-state index in [0.29, 0.717) is 0 Å². The van der Waals surface area contributed by atoms with Gasteiger partial charge in [-0.2, -0.15) is 5.26 Å². The lowest BCUT2D eigenvalue weighted by molar-refractivity contribution is 0.0951. The van der Waals surface area contributed by atoms with Crippen LogP contribution in [-0.4, -0.2) is 5.78 Å². The highest BCUT2D eigenvalue weighted by atomic mass is 32.1. The Morgan fingerprint density at radius 2 is 2.35 bits per heavy atom. The van der Waals surface area contributed by atoms with Gasteiger partial charge in [-0.1, -0.05) is 13.0 Å². The standard InChI is InChI=1S/C13H11NO2S/c1-2-9-5-6-11(16-9)13(15)10(8-14)12-4-3-7-17-12/h3-7,10H,2H2,1H3. The van der Waals surface area contributed by atoms with Gasteiger partial charge >= 0.3 is 0 Å². The minimum atomic E-state index is -0.758. The lowest BCUT2D eigenvalue weighted by Gasteiger charge is -2.02. The molecule has 0 spiro atoms. The second kappa shape index (κ2) is 4.98. The molecule has 2 aromatic heterocycles. The number of nitriles is 1. The maximum Gasteiger partial charge on any atom is 0.220 e. The lowest BCUT2D eigenvalue weighted by Crippen LogP contribution is -2.08. The number of Topliss-reactive ketones (excluding diaryl/α,β-unsaturated/α-hetero) is 1. The van der Waals surface area contributed by atoms with E-state index in [9.17, 15) is 4.79 Å². The van der Waals surface area contributed by atoms with Crippen LogP contribution < -0.4 is 0 Å². The summed E-state index contributed by atoms with van der Waals surface area (Å²) in [5.74, 6) is -0.00137. The number of carbonyl (C=O) groups is 1. The number of nitrogens with zero attached hydrogens (tertiary/aromatic N) is 1. The van der Waals surface area contributed by atoms with Gasteiger partial charge in [-0.3, -0.25) is 4.79 Å². The first-order chi connectivity index (χ1) is 8.26. The molecule has 0 bridgehead atoms. The largest absolute Gasteiger partial charge is 0.458 e. The molecule has 3 nitrogen and oxygen atoms in total. The highest BCUT2D eigenvalue weighted by molar-refractivity contribution is 7.10. The van der Waals surface area contributed by atoms with Crippen LogP contribution in [0.4, 0.5) is 0 Å². The summed E-state index contributed by atoms with van der Waals surface area (Å²) in [6.07, 6.45) is 0.740. The second-order valence-corrected chi connectivity index (χ2v) is 4.54. The molecule has 1 unspecified atom stereocenters. The van der Waals surface area contributed by atoms with Gasteiger partial charge in [0.15, 0.2) is 5.76 Å². The van der Waals surface area contributed by atoms with E-state index < -0.39 is 5.92 Å². The normalized spacial score (nSPS) is 12.0. The molecule has 1 atom stereocenters. The van der Waals surface area contributed by atoms with Gasteiger partial charge in [0.05, 0.1) is 6.07 Å². The average Bonchev–Trinajstić information content (AvgIpc) is 3.00. The Balaban J connectivity index is 2.27. The predicted octanol–water partition coefficient (Wildman–Crippen LogP) is 3.39. The van der Waals surface area contributed by atoms with E-state index >= 15 is 0 Å². The van der Waals surface area contributed by atoms with E-state index in [1.807, 2.05) is 24.4 Å². The summed E-state index contributed by atoms with van der Waals surface area (Å²) in [4.78, 5) is 12.9. The molecule has 0 radical (unpaired) electrons. The number of rotatable bonds is 4. The fourth-order valence-corrected chi connectivity index (χ4v) is 2.32. The molecule has 0 aromatic carbocycles. The molecule has 0 fully saturated rings. The molecule has 2 heterocycles. The van der Waals surface area contributed by atoms with E-state index in [-0.39, 0.29) is 11.5 Å². The molecule has 0 aliphatic heterocycles. The molecule has 0 saturated carbocycles. The minimum absolute atomic E-state index is 0.266. The molecule has 2 rings (SSSR count). The van der Waals surface area contributed by atoms with Crippen molar-refractivity contribution in [3.8, 4) is 6.07 Å². The predicted molar refractivity (Wildman–Crippen MR) is 65.1 cm³/mol. The molecule has 17 heavy (non-hydrogen) atoms. The van der Waals surface area contributed by atoms with E-state index in [4.69, 9.17) is 9.68 Å². The second-order valence-electron chi connectivity index (χ2n) is 3.56. The number of carbonyl (C=O) groups excluding carboxylic acids is 1. The van der Waals surface area contributed by atoms with Gasteiger partial charge in [-0.15, -0.1) is 11.3 Å². The van der Waals surface area contributed by atoms with Crippen LogP contribution in [0.25, 0.3) is 0 Å². The third-order valence-corrected chi connectivity index (χ3v) is 3.41. The summed E-state index contributed by atoms with van der Waals surface area (Å²) < 4.78 is 5.38. The molecule has 0 aliphatic rings.